The van der Waals surface area contributed by atoms with Crippen LogP contribution in [-0.4, -0.2) is 30.0 Å². The van der Waals surface area contributed by atoms with E-state index in [0.717, 1.165) is 35.6 Å². The maximum Gasteiger partial charge on any atom is 0.272 e. The molecule has 0 bridgehead atoms. The van der Waals surface area contributed by atoms with Crippen molar-refractivity contribution in [2.45, 2.75) is 30.0 Å². The summed E-state index contributed by atoms with van der Waals surface area (Å²) in [6.07, 6.45) is 5.39. The van der Waals surface area contributed by atoms with Gasteiger partial charge in [-0.2, -0.15) is 0 Å². The fourth-order valence-corrected chi connectivity index (χ4v) is 4.54. The Kier molecular flexibility index (Phi) is 4.35. The van der Waals surface area contributed by atoms with E-state index in [1.54, 1.807) is 24.4 Å². The molecule has 2 aromatic heterocycles. The second-order valence-corrected chi connectivity index (χ2v) is 9.69. The monoisotopic (exact) mass is 447 g/mol. The van der Waals surface area contributed by atoms with Crippen LogP contribution in [0.1, 0.15) is 35.3 Å². The average molecular weight is 448 g/mol. The zero-order chi connectivity index (χ0) is 19.2. The second-order valence-electron chi connectivity index (χ2n) is 6.87. The summed E-state index contributed by atoms with van der Waals surface area (Å²) in [4.78, 5) is 17.2. The third-order valence-corrected chi connectivity index (χ3v) is 6.50. The number of rotatable bonds is 4. The highest BCUT2D eigenvalue weighted by Crippen LogP contribution is 2.41. The summed E-state index contributed by atoms with van der Waals surface area (Å²) in [6.45, 7) is 0. The molecule has 1 amide bonds. The predicted octanol–water partition coefficient (Wildman–Crippen LogP) is 3.31. The first kappa shape index (κ1) is 18.2. The van der Waals surface area contributed by atoms with E-state index in [4.69, 9.17) is 0 Å². The first-order valence-electron chi connectivity index (χ1n) is 8.56. The van der Waals surface area contributed by atoms with Crippen LogP contribution in [0.5, 0.6) is 0 Å². The molecule has 1 aliphatic carbocycles. The van der Waals surface area contributed by atoms with Crippen LogP contribution in [0, 0.1) is 0 Å². The molecule has 0 unspecified atom stereocenters. The minimum atomic E-state index is -3.57. The summed E-state index contributed by atoms with van der Waals surface area (Å²) in [5.41, 5.74) is 1.20. The molecule has 8 heteroatoms. The quantitative estimate of drug-likeness (QED) is 0.664. The Morgan fingerprint density at radius 2 is 1.89 bits per heavy atom. The number of nitrogens with one attached hydrogen (secondary N) is 1. The topological polar surface area (TPSA) is 80.5 Å². The van der Waals surface area contributed by atoms with Crippen molar-refractivity contribution in [3.8, 4) is 0 Å². The van der Waals surface area contributed by atoms with Crippen molar-refractivity contribution < 1.29 is 13.2 Å². The molecule has 2 heterocycles. The maximum absolute atomic E-state index is 13.1. The fourth-order valence-electron chi connectivity index (χ4n) is 3.50. The van der Waals surface area contributed by atoms with Gasteiger partial charge in [-0.15, -0.1) is 0 Å². The molecular weight excluding hydrogens is 430 g/mol. The number of sulfone groups is 1. The number of benzene rings is 1. The van der Waals surface area contributed by atoms with Gasteiger partial charge in [0.1, 0.15) is 0 Å². The summed E-state index contributed by atoms with van der Waals surface area (Å²) in [5, 5.41) is 2.98. The lowest BCUT2D eigenvalue weighted by molar-refractivity contribution is 0.0820. The number of carbonyl (C=O) groups excluding carboxylic acids is 1. The molecule has 0 atom stereocenters. The number of hydrogen-bond donors (Lipinski definition) is 1. The van der Waals surface area contributed by atoms with E-state index in [1.807, 2.05) is 24.3 Å². The first-order chi connectivity index (χ1) is 12.8. The van der Waals surface area contributed by atoms with Gasteiger partial charge in [-0.25, -0.2) is 13.4 Å². The Morgan fingerprint density at radius 1 is 1.19 bits per heavy atom. The lowest BCUT2D eigenvalue weighted by Crippen LogP contribution is -2.50. The summed E-state index contributed by atoms with van der Waals surface area (Å²) in [5.74, 6) is -0.365. The summed E-state index contributed by atoms with van der Waals surface area (Å²) in [6, 6.07) is 13.1. The minimum Gasteiger partial charge on any atom is -0.341 e. The van der Waals surface area contributed by atoms with Crippen LogP contribution in [0.15, 0.2) is 58.3 Å². The van der Waals surface area contributed by atoms with Crippen LogP contribution < -0.4 is 5.32 Å². The van der Waals surface area contributed by atoms with Crippen molar-refractivity contribution in [2.75, 3.05) is 6.26 Å². The van der Waals surface area contributed by atoms with Gasteiger partial charge in [-0.3, -0.25) is 9.20 Å². The molecule has 3 aromatic rings. The first-order valence-corrected chi connectivity index (χ1v) is 11.2. The number of pyridine rings is 1. The van der Waals surface area contributed by atoms with E-state index in [2.05, 4.69) is 26.2 Å². The fraction of sp³-hybridized carbons (Fsp3) is 0.263. The highest BCUT2D eigenvalue weighted by atomic mass is 79.9. The van der Waals surface area contributed by atoms with Gasteiger partial charge in [-0.05, 0) is 49.1 Å². The Morgan fingerprint density at radius 3 is 2.48 bits per heavy atom. The standard InChI is InChI=1S/C19H18BrN3O3S/c1-27(25,26)18-21-16(15-5-2-3-12-23(15)18)17(24)22-19(10-4-11-19)13-6-8-14(20)9-7-13/h2-3,5-9,12H,4,10-11H2,1H3,(H,22,24). The molecule has 1 fully saturated rings. The second kappa shape index (κ2) is 6.45. The van der Waals surface area contributed by atoms with Crippen LogP contribution in [0.3, 0.4) is 0 Å². The van der Waals surface area contributed by atoms with Gasteiger partial charge in [0.25, 0.3) is 5.91 Å². The van der Waals surface area contributed by atoms with Crippen molar-refractivity contribution >= 4 is 37.2 Å². The van der Waals surface area contributed by atoms with E-state index < -0.39 is 15.4 Å². The van der Waals surface area contributed by atoms with Gasteiger partial charge in [0, 0.05) is 16.9 Å². The number of hydrogen-bond acceptors (Lipinski definition) is 4. The van der Waals surface area contributed by atoms with Crippen LogP contribution >= 0.6 is 15.9 Å². The number of fused-ring (bicyclic) bond motifs is 1. The Bertz CT molecular complexity index is 1130. The maximum atomic E-state index is 13.1. The molecule has 4 rings (SSSR count). The Labute approximate surface area is 165 Å². The van der Waals surface area contributed by atoms with E-state index in [-0.39, 0.29) is 16.8 Å². The highest BCUT2D eigenvalue weighted by Gasteiger charge is 2.41. The van der Waals surface area contributed by atoms with Crippen molar-refractivity contribution in [2.24, 2.45) is 0 Å². The Hall–Kier alpha value is -2.19. The van der Waals surface area contributed by atoms with Crippen molar-refractivity contribution in [1.29, 1.82) is 0 Å². The lowest BCUT2D eigenvalue weighted by Gasteiger charge is -2.43. The largest absolute Gasteiger partial charge is 0.341 e. The molecule has 1 aliphatic rings. The number of imidazole rings is 1. The van der Waals surface area contributed by atoms with Crippen LogP contribution in [0.2, 0.25) is 0 Å². The molecule has 6 nitrogen and oxygen atoms in total. The number of nitrogens with zero attached hydrogens (tertiary/aromatic N) is 2. The summed E-state index contributed by atoms with van der Waals surface area (Å²) >= 11 is 3.43. The van der Waals surface area contributed by atoms with Gasteiger partial charge in [0.05, 0.1) is 11.1 Å². The van der Waals surface area contributed by atoms with Crippen molar-refractivity contribution in [3.63, 3.8) is 0 Å². The molecule has 140 valence electrons. The number of carbonyl (C=O) groups is 1. The van der Waals surface area contributed by atoms with Gasteiger partial charge in [0.15, 0.2) is 5.69 Å². The molecule has 1 N–H and O–H groups in total. The van der Waals surface area contributed by atoms with Crippen LogP contribution in [0.25, 0.3) is 5.52 Å². The lowest BCUT2D eigenvalue weighted by atomic mass is 9.71. The van der Waals surface area contributed by atoms with E-state index in [1.165, 1.54) is 4.40 Å². The molecule has 0 saturated heterocycles. The zero-order valence-electron chi connectivity index (χ0n) is 14.6. The Balaban J connectivity index is 1.74. The average Bonchev–Trinajstić information content (AvgIpc) is 2.99. The highest BCUT2D eigenvalue weighted by molar-refractivity contribution is 9.10. The van der Waals surface area contributed by atoms with E-state index in [0.29, 0.717) is 5.52 Å². The number of aromatic nitrogens is 2. The van der Waals surface area contributed by atoms with E-state index in [9.17, 15) is 13.2 Å². The summed E-state index contributed by atoms with van der Waals surface area (Å²) < 4.78 is 26.6. The summed E-state index contributed by atoms with van der Waals surface area (Å²) in [7, 11) is -3.57. The van der Waals surface area contributed by atoms with Crippen molar-refractivity contribution in [3.05, 3.63) is 64.4 Å². The molecular formula is C19H18BrN3O3S. The molecule has 1 aromatic carbocycles. The normalized spacial score (nSPS) is 16.1. The van der Waals surface area contributed by atoms with Crippen LogP contribution in [0.4, 0.5) is 0 Å². The SMILES string of the molecule is CS(=O)(=O)c1nc(C(=O)NC2(c3ccc(Br)cc3)CCC2)c2ccccn12. The smallest absolute Gasteiger partial charge is 0.272 e. The minimum absolute atomic E-state index is 0.124. The van der Waals surface area contributed by atoms with Crippen LogP contribution in [-0.2, 0) is 15.4 Å². The molecule has 0 aliphatic heterocycles. The van der Waals surface area contributed by atoms with Gasteiger partial charge in [-0.1, -0.05) is 34.1 Å². The molecule has 1 saturated carbocycles. The van der Waals surface area contributed by atoms with E-state index >= 15 is 0 Å². The van der Waals surface area contributed by atoms with Gasteiger partial charge >= 0.3 is 0 Å². The molecule has 0 spiro atoms. The van der Waals surface area contributed by atoms with Gasteiger partial charge < -0.3 is 5.32 Å². The third-order valence-electron chi connectivity index (χ3n) is 5.02. The number of amides is 1. The van der Waals surface area contributed by atoms with Gasteiger partial charge in [0.2, 0.25) is 15.0 Å². The molecule has 27 heavy (non-hydrogen) atoms. The van der Waals surface area contributed by atoms with Crippen molar-refractivity contribution in [1.82, 2.24) is 14.7 Å². The predicted molar refractivity (Wildman–Crippen MR) is 105 cm³/mol. The third kappa shape index (κ3) is 3.17. The molecule has 0 radical (unpaired) electrons. The number of halogens is 1. The zero-order valence-corrected chi connectivity index (χ0v) is 17.0.